The van der Waals surface area contributed by atoms with Crippen LogP contribution in [0.5, 0.6) is 5.75 Å². The van der Waals surface area contributed by atoms with Gasteiger partial charge in [-0.15, -0.1) is 0 Å². The molecule has 3 heterocycles. The highest BCUT2D eigenvalue weighted by molar-refractivity contribution is 5.96. The Bertz CT molecular complexity index is 614. The molecule has 3 rings (SSSR count). The van der Waals surface area contributed by atoms with E-state index in [-0.39, 0.29) is 12.2 Å². The van der Waals surface area contributed by atoms with Crippen LogP contribution in [-0.2, 0) is 0 Å². The van der Waals surface area contributed by atoms with Crippen molar-refractivity contribution in [1.29, 1.82) is 0 Å². The van der Waals surface area contributed by atoms with Gasteiger partial charge >= 0.3 is 0 Å². The maximum Gasteiger partial charge on any atom is 0.278 e. The number of amides is 1. The van der Waals surface area contributed by atoms with Crippen molar-refractivity contribution in [1.82, 2.24) is 9.58 Å². The van der Waals surface area contributed by atoms with Crippen LogP contribution >= 0.6 is 0 Å². The number of hydrogen-bond donors (Lipinski definition) is 2. The van der Waals surface area contributed by atoms with Crippen LogP contribution in [0.1, 0.15) is 23.3 Å². The van der Waals surface area contributed by atoms with Gasteiger partial charge in [-0.25, -0.2) is 8.78 Å². The zero-order chi connectivity index (χ0) is 13.8. The van der Waals surface area contributed by atoms with Crippen LogP contribution < -0.4 is 10.9 Å². The van der Waals surface area contributed by atoms with Crippen molar-refractivity contribution >= 4 is 5.91 Å². The summed E-state index contributed by atoms with van der Waals surface area (Å²) in [6.45, 7) is -0.119. The zero-order valence-electron chi connectivity index (χ0n) is 9.77. The van der Waals surface area contributed by atoms with Crippen molar-refractivity contribution in [2.24, 2.45) is 0 Å². The molecule has 0 saturated carbocycles. The highest BCUT2D eigenvalue weighted by Gasteiger charge is 2.45. The van der Waals surface area contributed by atoms with E-state index >= 15 is 0 Å². The molecule has 102 valence electrons. The van der Waals surface area contributed by atoms with Crippen molar-refractivity contribution in [3.8, 4) is 5.75 Å². The zero-order valence-corrected chi connectivity index (χ0v) is 9.77. The van der Waals surface area contributed by atoms with E-state index in [0.29, 0.717) is 0 Å². The molecule has 1 fully saturated rings. The molecule has 19 heavy (non-hydrogen) atoms. The van der Waals surface area contributed by atoms with Gasteiger partial charge in [-0.2, -0.15) is 0 Å². The van der Waals surface area contributed by atoms with Crippen LogP contribution in [-0.4, -0.2) is 39.2 Å². The maximum atomic E-state index is 13.3. The Kier molecular flexibility index (Phi) is 2.32. The lowest BCUT2D eigenvalue weighted by Gasteiger charge is -2.43. The van der Waals surface area contributed by atoms with Crippen molar-refractivity contribution < 1.29 is 18.7 Å². The van der Waals surface area contributed by atoms with Crippen LogP contribution in [0.25, 0.3) is 0 Å². The molecule has 1 atom stereocenters. The number of pyridine rings is 1. The number of aromatic hydroxyl groups is 1. The molecule has 0 radical (unpaired) electrons. The van der Waals surface area contributed by atoms with Gasteiger partial charge < -0.3 is 15.4 Å². The van der Waals surface area contributed by atoms with Crippen molar-refractivity contribution in [3.63, 3.8) is 0 Å². The Morgan fingerprint density at radius 1 is 1.42 bits per heavy atom. The largest absolute Gasteiger partial charge is 0.502 e. The topological polar surface area (TPSA) is 74.6 Å². The Morgan fingerprint density at radius 2 is 2.16 bits per heavy atom. The predicted molar refractivity (Wildman–Crippen MR) is 60.7 cm³/mol. The van der Waals surface area contributed by atoms with Crippen LogP contribution in [0.15, 0.2) is 17.1 Å². The van der Waals surface area contributed by atoms with Gasteiger partial charge in [0.1, 0.15) is 6.17 Å². The first-order valence-electron chi connectivity index (χ1n) is 5.79. The van der Waals surface area contributed by atoms with Gasteiger partial charge in [0.2, 0.25) is 5.43 Å². The highest BCUT2D eigenvalue weighted by Crippen LogP contribution is 2.34. The number of carbonyl (C=O) groups is 1. The average molecular weight is 271 g/mol. The molecule has 0 aliphatic carbocycles. The number of rotatable bonds is 0. The summed E-state index contributed by atoms with van der Waals surface area (Å²) in [6, 6.07) is 1.07. The molecule has 1 aromatic heterocycles. The lowest BCUT2D eigenvalue weighted by molar-refractivity contribution is -0.0692. The summed E-state index contributed by atoms with van der Waals surface area (Å²) in [5.41, 5.74) is 1.80. The summed E-state index contributed by atoms with van der Waals surface area (Å²) in [5, 5.41) is 9.64. The van der Waals surface area contributed by atoms with Crippen molar-refractivity contribution in [3.05, 3.63) is 28.2 Å². The maximum absolute atomic E-state index is 13.3. The first-order chi connectivity index (χ1) is 8.89. The van der Waals surface area contributed by atoms with Gasteiger partial charge in [0, 0.05) is 25.2 Å². The molecule has 8 heteroatoms. The van der Waals surface area contributed by atoms with E-state index in [1.165, 1.54) is 11.1 Å². The summed E-state index contributed by atoms with van der Waals surface area (Å²) in [7, 11) is 0. The molecule has 2 aliphatic rings. The average Bonchev–Trinajstić information content (AvgIpc) is 2.32. The molecule has 1 aromatic rings. The molecular weight excluding hydrogens is 260 g/mol. The number of alkyl halides is 2. The minimum absolute atomic E-state index is 0.119. The van der Waals surface area contributed by atoms with Crippen molar-refractivity contribution in [2.45, 2.75) is 24.9 Å². The molecule has 0 aromatic carbocycles. The molecular formula is C11H11F2N3O3. The second-order valence-electron chi connectivity index (χ2n) is 4.70. The van der Waals surface area contributed by atoms with E-state index in [2.05, 4.69) is 5.43 Å². The number of nitrogens with zero attached hydrogens (tertiary/aromatic N) is 2. The Balaban J connectivity index is 2.06. The highest BCUT2D eigenvalue weighted by atomic mass is 19.3. The number of carbonyl (C=O) groups excluding carboxylic acids is 1. The van der Waals surface area contributed by atoms with Crippen LogP contribution in [0.3, 0.4) is 0 Å². The van der Waals surface area contributed by atoms with E-state index in [4.69, 9.17) is 0 Å². The van der Waals surface area contributed by atoms with E-state index in [1.54, 1.807) is 0 Å². The monoisotopic (exact) mass is 271 g/mol. The third-order valence-corrected chi connectivity index (χ3v) is 3.41. The molecule has 1 amide bonds. The van der Waals surface area contributed by atoms with Crippen LogP contribution in [0, 0.1) is 0 Å². The standard InChI is InChI=1S/C11H11F2N3O3/c12-11(13)2-4-15-7(5-11)14-16-3-1-6(17)9(18)8(16)10(15)19/h1,3,7,14,18H,2,4-5H2. The second kappa shape index (κ2) is 3.69. The molecule has 0 spiro atoms. The SMILES string of the molecule is O=C1c2c(O)c(=O)ccn2NC2CC(F)(F)CCN12. The van der Waals surface area contributed by atoms with Gasteiger partial charge in [0.05, 0.1) is 6.42 Å². The van der Waals surface area contributed by atoms with Crippen LogP contribution in [0.2, 0.25) is 0 Å². The number of aromatic nitrogens is 1. The minimum Gasteiger partial charge on any atom is -0.502 e. The quantitative estimate of drug-likeness (QED) is 0.712. The molecule has 0 bridgehead atoms. The fourth-order valence-corrected chi connectivity index (χ4v) is 2.43. The Labute approximate surface area is 106 Å². The number of nitrogens with one attached hydrogen (secondary N) is 1. The fourth-order valence-electron chi connectivity index (χ4n) is 2.43. The van der Waals surface area contributed by atoms with Gasteiger partial charge in [-0.3, -0.25) is 14.3 Å². The number of halogens is 2. The predicted octanol–water partition coefficient (Wildman–Crippen LogP) is 0.308. The Hall–Kier alpha value is -2.12. The normalized spacial score (nSPS) is 24.4. The molecule has 1 unspecified atom stereocenters. The van der Waals surface area contributed by atoms with Gasteiger partial charge in [0.15, 0.2) is 11.4 Å². The van der Waals surface area contributed by atoms with E-state index in [0.717, 1.165) is 10.7 Å². The summed E-state index contributed by atoms with van der Waals surface area (Å²) >= 11 is 0. The summed E-state index contributed by atoms with van der Waals surface area (Å²) in [6.07, 6.45) is -0.509. The van der Waals surface area contributed by atoms with Crippen molar-refractivity contribution in [2.75, 3.05) is 12.0 Å². The second-order valence-corrected chi connectivity index (χ2v) is 4.70. The molecule has 6 nitrogen and oxygen atoms in total. The van der Waals surface area contributed by atoms with Crippen LogP contribution in [0.4, 0.5) is 8.78 Å². The first-order valence-corrected chi connectivity index (χ1v) is 5.79. The van der Waals surface area contributed by atoms with E-state index in [9.17, 15) is 23.5 Å². The minimum atomic E-state index is -2.83. The molecule has 2 N–H and O–H groups in total. The van der Waals surface area contributed by atoms with Gasteiger partial charge in [0.25, 0.3) is 11.8 Å². The fraction of sp³-hybridized carbons (Fsp3) is 0.455. The lowest BCUT2D eigenvalue weighted by Crippen LogP contribution is -2.59. The lowest BCUT2D eigenvalue weighted by atomic mass is 10.0. The molecule has 1 saturated heterocycles. The smallest absolute Gasteiger partial charge is 0.278 e. The third-order valence-electron chi connectivity index (χ3n) is 3.41. The third kappa shape index (κ3) is 1.74. The number of fused-ring (bicyclic) bond motifs is 2. The van der Waals surface area contributed by atoms with E-state index < -0.39 is 42.0 Å². The summed E-state index contributed by atoms with van der Waals surface area (Å²) in [4.78, 5) is 24.7. The number of hydrogen-bond acceptors (Lipinski definition) is 4. The van der Waals surface area contributed by atoms with E-state index in [1.807, 2.05) is 0 Å². The molecule has 2 aliphatic heterocycles. The number of piperidine rings is 1. The summed E-state index contributed by atoms with van der Waals surface area (Å²) < 4.78 is 27.8. The first kappa shape index (κ1) is 11.9. The Morgan fingerprint density at radius 3 is 2.89 bits per heavy atom. The van der Waals surface area contributed by atoms with Gasteiger partial charge in [-0.05, 0) is 0 Å². The summed E-state index contributed by atoms with van der Waals surface area (Å²) in [5.74, 6) is -4.11. The van der Waals surface area contributed by atoms with Gasteiger partial charge in [-0.1, -0.05) is 0 Å².